The zero-order chi connectivity index (χ0) is 11.8. The minimum Gasteiger partial charge on any atom is -0.388 e. The summed E-state index contributed by atoms with van der Waals surface area (Å²) in [6.07, 6.45) is -5.14. The summed E-state index contributed by atoms with van der Waals surface area (Å²) in [6, 6.07) is 7.30. The van der Waals surface area contributed by atoms with E-state index in [-0.39, 0.29) is 12.3 Å². The molecule has 16 heavy (non-hydrogen) atoms. The summed E-state index contributed by atoms with van der Waals surface area (Å²) in [5.74, 6) is -0.293. The number of hydrogen-bond acceptors (Lipinski definition) is 1. The fraction of sp³-hybridized carbons (Fsp3) is 0.500. The maximum Gasteiger partial charge on any atom is 0.389 e. The van der Waals surface area contributed by atoms with Gasteiger partial charge in [-0.3, -0.25) is 0 Å². The number of benzene rings is 1. The fourth-order valence-corrected chi connectivity index (χ4v) is 2.27. The Kier molecular flexibility index (Phi) is 2.93. The molecule has 1 N–H and O–H groups in total. The Labute approximate surface area is 91.9 Å². The lowest BCUT2D eigenvalue weighted by Gasteiger charge is -2.15. The first-order valence-electron chi connectivity index (χ1n) is 5.30. The molecular weight excluding hydrogens is 217 g/mol. The first-order valence-corrected chi connectivity index (χ1v) is 5.30. The van der Waals surface area contributed by atoms with E-state index in [0.29, 0.717) is 6.42 Å². The highest BCUT2D eigenvalue weighted by Gasteiger charge is 2.34. The summed E-state index contributed by atoms with van der Waals surface area (Å²) in [5.41, 5.74) is 1.76. The summed E-state index contributed by atoms with van der Waals surface area (Å²) in [4.78, 5) is 0. The maximum absolute atomic E-state index is 12.1. The molecule has 1 nitrogen and oxygen atoms in total. The summed E-state index contributed by atoms with van der Waals surface area (Å²) < 4.78 is 36.3. The van der Waals surface area contributed by atoms with Crippen molar-refractivity contribution >= 4 is 0 Å². The topological polar surface area (TPSA) is 20.2 Å². The Morgan fingerprint density at radius 3 is 2.56 bits per heavy atom. The van der Waals surface area contributed by atoms with Crippen LogP contribution in [0.5, 0.6) is 0 Å². The molecule has 1 aliphatic rings. The largest absolute Gasteiger partial charge is 0.389 e. The van der Waals surface area contributed by atoms with E-state index in [2.05, 4.69) is 0 Å². The molecule has 0 saturated heterocycles. The highest BCUT2D eigenvalue weighted by Crippen LogP contribution is 2.39. The number of rotatable bonds is 2. The molecule has 0 fully saturated rings. The van der Waals surface area contributed by atoms with Gasteiger partial charge in [0.1, 0.15) is 0 Å². The van der Waals surface area contributed by atoms with E-state index in [1.165, 1.54) is 0 Å². The second-order valence-electron chi connectivity index (χ2n) is 4.26. The average Bonchev–Trinajstić information content (AvgIpc) is 2.53. The first-order chi connectivity index (χ1) is 7.47. The Bertz CT molecular complexity index is 373. The Morgan fingerprint density at radius 2 is 1.94 bits per heavy atom. The van der Waals surface area contributed by atoms with Crippen LogP contribution in [0.15, 0.2) is 24.3 Å². The van der Waals surface area contributed by atoms with E-state index in [0.717, 1.165) is 11.1 Å². The van der Waals surface area contributed by atoms with Gasteiger partial charge in [0.15, 0.2) is 0 Å². The molecule has 0 spiro atoms. The molecule has 1 aliphatic carbocycles. The predicted molar refractivity (Wildman–Crippen MR) is 53.9 cm³/mol. The van der Waals surface area contributed by atoms with Gasteiger partial charge in [0.25, 0.3) is 0 Å². The standard InChI is InChI=1S/C12H13F3O/c13-12(14,15)6-5-9-7-8-3-1-2-4-10(8)11(9)16/h1-4,9,11,16H,5-7H2. The monoisotopic (exact) mass is 230 g/mol. The van der Waals surface area contributed by atoms with Crippen LogP contribution in [0.2, 0.25) is 0 Å². The molecule has 2 unspecified atom stereocenters. The molecule has 1 aromatic rings. The van der Waals surface area contributed by atoms with Gasteiger partial charge in [-0.2, -0.15) is 13.2 Å². The SMILES string of the molecule is OC1c2ccccc2CC1CCC(F)(F)F. The molecule has 0 amide bonds. The van der Waals surface area contributed by atoms with Crippen LogP contribution in [0.25, 0.3) is 0 Å². The van der Waals surface area contributed by atoms with E-state index in [1.54, 1.807) is 12.1 Å². The molecule has 1 aromatic carbocycles. The summed E-state index contributed by atoms with van der Waals surface area (Å²) in [7, 11) is 0. The smallest absolute Gasteiger partial charge is 0.388 e. The van der Waals surface area contributed by atoms with Crippen molar-refractivity contribution in [2.24, 2.45) is 5.92 Å². The van der Waals surface area contributed by atoms with E-state index < -0.39 is 18.7 Å². The van der Waals surface area contributed by atoms with Crippen molar-refractivity contribution in [3.05, 3.63) is 35.4 Å². The summed E-state index contributed by atoms with van der Waals surface area (Å²) >= 11 is 0. The van der Waals surface area contributed by atoms with Gasteiger partial charge in [-0.05, 0) is 29.9 Å². The number of aliphatic hydroxyl groups is 1. The van der Waals surface area contributed by atoms with Crippen molar-refractivity contribution in [1.82, 2.24) is 0 Å². The van der Waals surface area contributed by atoms with Crippen molar-refractivity contribution in [3.8, 4) is 0 Å². The molecule has 0 heterocycles. The van der Waals surface area contributed by atoms with Crippen LogP contribution in [0.4, 0.5) is 13.2 Å². The third-order valence-corrected chi connectivity index (χ3v) is 3.10. The van der Waals surface area contributed by atoms with Crippen molar-refractivity contribution in [3.63, 3.8) is 0 Å². The van der Waals surface area contributed by atoms with Crippen molar-refractivity contribution in [2.45, 2.75) is 31.5 Å². The van der Waals surface area contributed by atoms with Gasteiger partial charge < -0.3 is 5.11 Å². The van der Waals surface area contributed by atoms with Crippen LogP contribution in [0.3, 0.4) is 0 Å². The highest BCUT2D eigenvalue weighted by molar-refractivity contribution is 5.34. The molecule has 2 atom stereocenters. The second-order valence-corrected chi connectivity index (χ2v) is 4.26. The van der Waals surface area contributed by atoms with Crippen LogP contribution < -0.4 is 0 Å². The van der Waals surface area contributed by atoms with Gasteiger partial charge in [0, 0.05) is 6.42 Å². The van der Waals surface area contributed by atoms with Gasteiger partial charge >= 0.3 is 6.18 Å². The van der Waals surface area contributed by atoms with Crippen molar-refractivity contribution in [2.75, 3.05) is 0 Å². The molecule has 0 radical (unpaired) electrons. The quantitative estimate of drug-likeness (QED) is 0.827. The molecule has 4 heteroatoms. The van der Waals surface area contributed by atoms with E-state index >= 15 is 0 Å². The lowest BCUT2D eigenvalue weighted by molar-refractivity contribution is -0.139. The molecule has 0 aromatic heterocycles. The molecule has 0 aliphatic heterocycles. The lowest BCUT2D eigenvalue weighted by atomic mass is 9.97. The maximum atomic E-state index is 12.1. The van der Waals surface area contributed by atoms with Crippen LogP contribution in [-0.2, 0) is 6.42 Å². The second kappa shape index (κ2) is 4.09. The number of alkyl halides is 3. The number of halogens is 3. The molecule has 88 valence electrons. The van der Waals surface area contributed by atoms with E-state index in [4.69, 9.17) is 0 Å². The Balaban J connectivity index is 2.02. The van der Waals surface area contributed by atoms with Crippen LogP contribution in [0, 0.1) is 5.92 Å². The third-order valence-electron chi connectivity index (χ3n) is 3.10. The summed E-state index contributed by atoms with van der Waals surface area (Å²) in [5, 5.41) is 9.87. The minimum atomic E-state index is -4.13. The van der Waals surface area contributed by atoms with Crippen molar-refractivity contribution in [1.29, 1.82) is 0 Å². The first kappa shape index (κ1) is 11.5. The zero-order valence-corrected chi connectivity index (χ0v) is 8.67. The predicted octanol–water partition coefficient (Wildman–Crippen LogP) is 3.23. The third kappa shape index (κ3) is 2.38. The Hall–Kier alpha value is -1.03. The number of hydrogen-bond donors (Lipinski definition) is 1. The fourth-order valence-electron chi connectivity index (χ4n) is 2.27. The minimum absolute atomic E-state index is 0.000648. The molecular formula is C12H13F3O. The molecule has 0 bridgehead atoms. The van der Waals surface area contributed by atoms with Gasteiger partial charge in [-0.15, -0.1) is 0 Å². The van der Waals surface area contributed by atoms with Gasteiger partial charge in [-0.1, -0.05) is 24.3 Å². The van der Waals surface area contributed by atoms with Crippen LogP contribution in [0.1, 0.15) is 30.1 Å². The summed E-state index contributed by atoms with van der Waals surface area (Å²) in [6.45, 7) is 0. The lowest BCUT2D eigenvalue weighted by Crippen LogP contribution is -2.14. The normalized spacial score (nSPS) is 24.5. The van der Waals surface area contributed by atoms with E-state index in [1.807, 2.05) is 12.1 Å². The molecule has 0 saturated carbocycles. The van der Waals surface area contributed by atoms with Gasteiger partial charge in [0.05, 0.1) is 6.10 Å². The van der Waals surface area contributed by atoms with Gasteiger partial charge in [0.2, 0.25) is 0 Å². The molecule has 2 rings (SSSR count). The van der Waals surface area contributed by atoms with Crippen LogP contribution >= 0.6 is 0 Å². The highest BCUT2D eigenvalue weighted by atomic mass is 19.4. The van der Waals surface area contributed by atoms with Crippen molar-refractivity contribution < 1.29 is 18.3 Å². The average molecular weight is 230 g/mol. The van der Waals surface area contributed by atoms with E-state index in [9.17, 15) is 18.3 Å². The number of aliphatic hydroxyl groups excluding tert-OH is 1. The van der Waals surface area contributed by atoms with Gasteiger partial charge in [-0.25, -0.2) is 0 Å². The van der Waals surface area contributed by atoms with Crippen LogP contribution in [-0.4, -0.2) is 11.3 Å². The zero-order valence-electron chi connectivity index (χ0n) is 8.67. The Morgan fingerprint density at radius 1 is 1.25 bits per heavy atom. The number of fused-ring (bicyclic) bond motifs is 1.